The third kappa shape index (κ3) is 5.27. The monoisotopic (exact) mass is 416 g/mol. The zero-order valence-electron chi connectivity index (χ0n) is 15.4. The summed E-state index contributed by atoms with van der Waals surface area (Å²) in [6.07, 6.45) is 0.712. The molecule has 0 bridgehead atoms. The van der Waals surface area contributed by atoms with Crippen molar-refractivity contribution in [1.82, 2.24) is 20.1 Å². The van der Waals surface area contributed by atoms with Crippen LogP contribution in [-0.2, 0) is 17.8 Å². The van der Waals surface area contributed by atoms with Gasteiger partial charge in [-0.3, -0.25) is 9.36 Å². The maximum atomic E-state index is 12.3. The van der Waals surface area contributed by atoms with Gasteiger partial charge in [-0.15, -0.1) is 5.10 Å². The second-order valence-electron chi connectivity index (χ2n) is 6.30. The normalized spacial score (nSPS) is 11.9. The van der Waals surface area contributed by atoms with Crippen LogP contribution in [0.3, 0.4) is 0 Å². The molecule has 1 heterocycles. The van der Waals surface area contributed by atoms with E-state index in [1.165, 1.54) is 11.8 Å². The number of aromatic amines is 1. The Balaban J connectivity index is 1.56. The molecule has 3 rings (SSSR count). The van der Waals surface area contributed by atoms with Gasteiger partial charge in [-0.1, -0.05) is 71.9 Å². The van der Waals surface area contributed by atoms with Crippen LogP contribution in [0.25, 0.3) is 0 Å². The number of hydrogen-bond acceptors (Lipinski definition) is 4. The van der Waals surface area contributed by atoms with Crippen LogP contribution in [0.5, 0.6) is 0 Å². The molecular weight excluding hydrogens is 396 g/mol. The second-order valence-corrected chi connectivity index (χ2v) is 7.65. The summed E-state index contributed by atoms with van der Waals surface area (Å²) in [7, 11) is 0. The third-order valence-electron chi connectivity index (χ3n) is 4.27. The standard InChI is InChI=1S/C20H21ClN4O2S/c1-14(16-9-5-6-10-17(16)21)22-18(26)13-28-20-24-23-19(27)25(20)12-11-15-7-3-2-4-8-15/h2-10,14H,11-13H2,1H3,(H,22,26)(H,23,27). The van der Waals surface area contributed by atoms with E-state index in [0.717, 1.165) is 11.1 Å². The van der Waals surface area contributed by atoms with Gasteiger partial charge >= 0.3 is 5.69 Å². The van der Waals surface area contributed by atoms with E-state index < -0.39 is 0 Å². The Kier molecular flexibility index (Phi) is 6.95. The maximum Gasteiger partial charge on any atom is 0.343 e. The van der Waals surface area contributed by atoms with Crippen LogP contribution in [0.2, 0.25) is 5.02 Å². The molecular formula is C20H21ClN4O2S. The lowest BCUT2D eigenvalue weighted by atomic mass is 10.1. The molecule has 1 atom stereocenters. The van der Waals surface area contributed by atoms with Crippen molar-refractivity contribution in [3.05, 3.63) is 81.2 Å². The SMILES string of the molecule is CC(NC(=O)CSc1n[nH]c(=O)n1CCc1ccccc1)c1ccccc1Cl. The molecule has 0 fully saturated rings. The van der Waals surface area contributed by atoms with Crippen LogP contribution >= 0.6 is 23.4 Å². The van der Waals surface area contributed by atoms with Crippen molar-refractivity contribution in [3.63, 3.8) is 0 Å². The molecule has 8 heteroatoms. The molecule has 0 saturated carbocycles. The minimum Gasteiger partial charge on any atom is -0.349 e. The molecule has 0 spiro atoms. The topological polar surface area (TPSA) is 79.8 Å². The van der Waals surface area contributed by atoms with Gasteiger partial charge in [0.15, 0.2) is 5.16 Å². The lowest BCUT2D eigenvalue weighted by Gasteiger charge is -2.15. The predicted molar refractivity (Wildman–Crippen MR) is 112 cm³/mol. The first-order valence-corrected chi connectivity index (χ1v) is 10.3. The molecule has 2 aromatic carbocycles. The summed E-state index contributed by atoms with van der Waals surface area (Å²) in [5.41, 5.74) is 1.73. The predicted octanol–water partition coefficient (Wildman–Crippen LogP) is 3.44. The van der Waals surface area contributed by atoms with E-state index in [9.17, 15) is 9.59 Å². The molecule has 1 amide bonds. The number of carbonyl (C=O) groups is 1. The quantitative estimate of drug-likeness (QED) is 0.551. The zero-order chi connectivity index (χ0) is 19.9. The summed E-state index contributed by atoms with van der Waals surface area (Å²) in [6.45, 7) is 2.38. The van der Waals surface area contributed by atoms with Gasteiger partial charge < -0.3 is 5.32 Å². The van der Waals surface area contributed by atoms with Crippen LogP contribution in [0.1, 0.15) is 24.1 Å². The lowest BCUT2D eigenvalue weighted by molar-refractivity contribution is -0.119. The third-order valence-corrected chi connectivity index (χ3v) is 5.59. The van der Waals surface area contributed by atoms with Crippen molar-refractivity contribution < 1.29 is 4.79 Å². The Morgan fingerprint density at radius 3 is 2.68 bits per heavy atom. The summed E-state index contributed by atoms with van der Waals surface area (Å²) < 4.78 is 1.56. The van der Waals surface area contributed by atoms with E-state index in [1.807, 2.05) is 55.5 Å². The highest BCUT2D eigenvalue weighted by Gasteiger charge is 2.15. The number of aromatic nitrogens is 3. The first-order chi connectivity index (χ1) is 13.5. The van der Waals surface area contributed by atoms with Crippen LogP contribution in [-0.4, -0.2) is 26.4 Å². The Morgan fingerprint density at radius 2 is 1.93 bits per heavy atom. The molecule has 0 saturated heterocycles. The number of aryl methyl sites for hydroxylation is 1. The first kappa shape index (κ1) is 20.2. The highest BCUT2D eigenvalue weighted by molar-refractivity contribution is 7.99. The van der Waals surface area contributed by atoms with E-state index in [1.54, 1.807) is 10.6 Å². The number of halogens is 1. The van der Waals surface area contributed by atoms with Crippen molar-refractivity contribution in [2.45, 2.75) is 31.1 Å². The van der Waals surface area contributed by atoms with E-state index in [-0.39, 0.29) is 23.4 Å². The Morgan fingerprint density at radius 1 is 1.21 bits per heavy atom. The fraction of sp³-hybridized carbons (Fsp3) is 0.250. The first-order valence-electron chi connectivity index (χ1n) is 8.90. The number of nitrogens with zero attached hydrogens (tertiary/aromatic N) is 2. The lowest BCUT2D eigenvalue weighted by Crippen LogP contribution is -2.28. The maximum absolute atomic E-state index is 12.3. The summed E-state index contributed by atoms with van der Waals surface area (Å²) in [5, 5.41) is 10.5. The highest BCUT2D eigenvalue weighted by Crippen LogP contribution is 2.22. The fourth-order valence-electron chi connectivity index (χ4n) is 2.81. The minimum atomic E-state index is -0.275. The Labute approximate surface area is 172 Å². The van der Waals surface area contributed by atoms with Gasteiger partial charge in [0.2, 0.25) is 5.91 Å². The molecule has 1 unspecified atom stereocenters. The van der Waals surface area contributed by atoms with Crippen LogP contribution in [0.4, 0.5) is 0 Å². The van der Waals surface area contributed by atoms with Gasteiger partial charge in [0, 0.05) is 11.6 Å². The number of amides is 1. The van der Waals surface area contributed by atoms with Crippen molar-refractivity contribution >= 4 is 29.3 Å². The molecule has 0 aliphatic heterocycles. The van der Waals surface area contributed by atoms with Crippen molar-refractivity contribution in [1.29, 1.82) is 0 Å². The smallest absolute Gasteiger partial charge is 0.343 e. The van der Waals surface area contributed by atoms with E-state index in [2.05, 4.69) is 15.5 Å². The van der Waals surface area contributed by atoms with E-state index in [4.69, 9.17) is 11.6 Å². The van der Waals surface area contributed by atoms with Gasteiger partial charge in [0.1, 0.15) is 0 Å². The molecule has 0 aliphatic carbocycles. The molecule has 28 heavy (non-hydrogen) atoms. The molecule has 1 aromatic heterocycles. The number of rotatable bonds is 8. The van der Waals surface area contributed by atoms with Gasteiger partial charge in [0.25, 0.3) is 0 Å². The summed E-state index contributed by atoms with van der Waals surface area (Å²) in [5.74, 6) is 0.00668. The highest BCUT2D eigenvalue weighted by atomic mass is 35.5. The Hall–Kier alpha value is -2.51. The average Bonchev–Trinajstić information content (AvgIpc) is 3.05. The average molecular weight is 417 g/mol. The van der Waals surface area contributed by atoms with Crippen LogP contribution in [0, 0.1) is 0 Å². The molecule has 3 aromatic rings. The van der Waals surface area contributed by atoms with Crippen LogP contribution in [0.15, 0.2) is 64.5 Å². The van der Waals surface area contributed by atoms with E-state index >= 15 is 0 Å². The largest absolute Gasteiger partial charge is 0.349 e. The summed E-state index contributed by atoms with van der Waals surface area (Å²) in [6, 6.07) is 17.1. The van der Waals surface area contributed by atoms with E-state index in [0.29, 0.717) is 23.1 Å². The number of hydrogen-bond donors (Lipinski definition) is 2. The van der Waals surface area contributed by atoms with Crippen molar-refractivity contribution in [2.75, 3.05) is 5.75 Å². The number of H-pyrrole nitrogens is 1. The molecule has 2 N–H and O–H groups in total. The second kappa shape index (κ2) is 9.61. The summed E-state index contributed by atoms with van der Waals surface area (Å²) >= 11 is 7.40. The zero-order valence-corrected chi connectivity index (χ0v) is 17.0. The van der Waals surface area contributed by atoms with Crippen molar-refractivity contribution in [3.8, 4) is 0 Å². The number of thioether (sulfide) groups is 1. The van der Waals surface area contributed by atoms with Gasteiger partial charge in [0.05, 0.1) is 11.8 Å². The van der Waals surface area contributed by atoms with Crippen LogP contribution < -0.4 is 11.0 Å². The van der Waals surface area contributed by atoms with Gasteiger partial charge in [-0.05, 0) is 30.5 Å². The molecule has 6 nitrogen and oxygen atoms in total. The summed E-state index contributed by atoms with van der Waals surface area (Å²) in [4.78, 5) is 24.3. The Bertz CT molecular complexity index is 987. The van der Waals surface area contributed by atoms with Gasteiger partial charge in [-0.2, -0.15) is 0 Å². The minimum absolute atomic E-state index is 0.150. The molecule has 0 radical (unpaired) electrons. The fourth-order valence-corrected chi connectivity index (χ4v) is 3.90. The van der Waals surface area contributed by atoms with Gasteiger partial charge in [-0.25, -0.2) is 9.89 Å². The number of carbonyl (C=O) groups excluding carboxylic acids is 1. The number of benzene rings is 2. The number of nitrogens with one attached hydrogen (secondary N) is 2. The molecule has 0 aliphatic rings. The molecule has 146 valence electrons. The van der Waals surface area contributed by atoms with Crippen molar-refractivity contribution in [2.24, 2.45) is 0 Å².